The van der Waals surface area contributed by atoms with E-state index < -0.39 is 11.9 Å². The van der Waals surface area contributed by atoms with Gasteiger partial charge < -0.3 is 10.2 Å². The number of benzene rings is 2. The molecule has 4 amide bonds. The molecule has 1 unspecified atom stereocenters. The summed E-state index contributed by atoms with van der Waals surface area (Å²) in [5, 5.41) is 6.13. The van der Waals surface area contributed by atoms with Crippen LogP contribution in [-0.2, 0) is 16.1 Å². The van der Waals surface area contributed by atoms with E-state index in [1.165, 1.54) is 4.90 Å². The Hall–Kier alpha value is -3.19. The molecule has 2 fully saturated rings. The molecule has 0 aromatic heterocycles. The molecule has 3 aliphatic rings. The third-order valence-electron chi connectivity index (χ3n) is 6.92. The van der Waals surface area contributed by atoms with E-state index in [4.69, 9.17) is 11.6 Å². The Morgan fingerprint density at radius 2 is 1.82 bits per heavy atom. The number of piperidine rings is 1. The minimum atomic E-state index is -0.673. The molecule has 170 valence electrons. The summed E-state index contributed by atoms with van der Waals surface area (Å²) in [6, 6.07) is 11.8. The standard InChI is InChI=1S/C25H24ClN3O4/c26-18-7-4-15(5-8-18)22(14-2-1-3-14)28-23(31)16-6-9-19-17(12-16)13-29(25(19)33)20-10-11-21(30)27-24(20)32/h4-9,12,14,20,22H,1-3,10-11,13H2,(H,28,31)(H,27,30,32)/t20?,22-/m0/s1. The number of halogens is 1. The molecule has 0 spiro atoms. The van der Waals surface area contributed by atoms with E-state index >= 15 is 0 Å². The molecule has 0 bridgehead atoms. The van der Waals surface area contributed by atoms with E-state index in [0.717, 1.165) is 24.8 Å². The quantitative estimate of drug-likeness (QED) is 0.662. The highest BCUT2D eigenvalue weighted by Crippen LogP contribution is 2.38. The smallest absolute Gasteiger partial charge is 0.255 e. The minimum Gasteiger partial charge on any atom is -0.345 e. The van der Waals surface area contributed by atoms with Crippen molar-refractivity contribution in [2.75, 3.05) is 0 Å². The molecule has 1 aliphatic carbocycles. The molecule has 2 heterocycles. The number of carbonyl (C=O) groups excluding carboxylic acids is 4. The number of fused-ring (bicyclic) bond motifs is 1. The first-order valence-electron chi connectivity index (χ1n) is 11.2. The molecular formula is C25H24ClN3O4. The molecule has 5 rings (SSSR count). The monoisotopic (exact) mass is 465 g/mol. The van der Waals surface area contributed by atoms with Gasteiger partial charge in [0.2, 0.25) is 11.8 Å². The van der Waals surface area contributed by atoms with Crippen molar-refractivity contribution in [3.05, 3.63) is 69.7 Å². The fraction of sp³-hybridized carbons (Fsp3) is 0.360. The van der Waals surface area contributed by atoms with Gasteiger partial charge in [-0.25, -0.2) is 0 Å². The average Bonchev–Trinajstić information content (AvgIpc) is 3.08. The summed E-state index contributed by atoms with van der Waals surface area (Å²) >= 11 is 6.03. The first kappa shape index (κ1) is 21.6. The van der Waals surface area contributed by atoms with Crippen LogP contribution in [-0.4, -0.2) is 34.6 Å². The van der Waals surface area contributed by atoms with Crippen molar-refractivity contribution in [3.8, 4) is 0 Å². The maximum Gasteiger partial charge on any atom is 0.255 e. The molecule has 2 N–H and O–H groups in total. The van der Waals surface area contributed by atoms with Crippen LogP contribution in [0.2, 0.25) is 5.02 Å². The zero-order valence-corrected chi connectivity index (χ0v) is 18.7. The maximum absolute atomic E-state index is 13.2. The summed E-state index contributed by atoms with van der Waals surface area (Å²) in [6.45, 7) is 0.241. The summed E-state index contributed by atoms with van der Waals surface area (Å²) in [4.78, 5) is 51.2. The Labute approximate surface area is 196 Å². The van der Waals surface area contributed by atoms with Gasteiger partial charge in [0.05, 0.1) is 6.04 Å². The Balaban J connectivity index is 1.34. The zero-order valence-electron chi connectivity index (χ0n) is 18.0. The van der Waals surface area contributed by atoms with Crippen LogP contribution in [0.15, 0.2) is 42.5 Å². The largest absolute Gasteiger partial charge is 0.345 e. The number of nitrogens with one attached hydrogen (secondary N) is 2. The molecule has 0 radical (unpaired) electrons. The summed E-state index contributed by atoms with van der Waals surface area (Å²) in [7, 11) is 0. The molecule has 1 saturated heterocycles. The molecule has 33 heavy (non-hydrogen) atoms. The van der Waals surface area contributed by atoms with Gasteiger partial charge in [0.25, 0.3) is 11.8 Å². The van der Waals surface area contributed by atoms with Crippen LogP contribution in [0.5, 0.6) is 0 Å². The summed E-state index contributed by atoms with van der Waals surface area (Å²) in [5.74, 6) is -0.830. The highest BCUT2D eigenvalue weighted by atomic mass is 35.5. The lowest BCUT2D eigenvalue weighted by Gasteiger charge is -2.34. The van der Waals surface area contributed by atoms with Crippen LogP contribution >= 0.6 is 11.6 Å². The molecular weight excluding hydrogens is 442 g/mol. The lowest BCUT2D eigenvalue weighted by molar-refractivity contribution is -0.136. The number of hydrogen-bond donors (Lipinski definition) is 2. The average molecular weight is 466 g/mol. The van der Waals surface area contributed by atoms with Crippen molar-refractivity contribution in [3.63, 3.8) is 0 Å². The van der Waals surface area contributed by atoms with Crippen LogP contribution < -0.4 is 10.6 Å². The van der Waals surface area contributed by atoms with Gasteiger partial charge in [-0.05, 0) is 66.6 Å². The molecule has 2 aliphatic heterocycles. The number of nitrogens with zero attached hydrogens (tertiary/aromatic N) is 1. The van der Waals surface area contributed by atoms with E-state index in [1.54, 1.807) is 18.2 Å². The van der Waals surface area contributed by atoms with E-state index in [1.807, 2.05) is 24.3 Å². The van der Waals surface area contributed by atoms with Crippen LogP contribution in [0.25, 0.3) is 0 Å². The summed E-state index contributed by atoms with van der Waals surface area (Å²) < 4.78 is 0. The number of carbonyl (C=O) groups is 4. The Bertz CT molecular complexity index is 1140. The van der Waals surface area contributed by atoms with E-state index in [-0.39, 0.29) is 36.7 Å². The fourth-order valence-corrected chi connectivity index (χ4v) is 4.98. The number of amides is 4. The lowest BCUT2D eigenvalue weighted by atomic mass is 9.77. The van der Waals surface area contributed by atoms with Gasteiger partial charge in [-0.2, -0.15) is 0 Å². The van der Waals surface area contributed by atoms with Crippen molar-refractivity contribution in [2.45, 2.75) is 50.7 Å². The van der Waals surface area contributed by atoms with Crippen LogP contribution in [0.1, 0.15) is 70.0 Å². The van der Waals surface area contributed by atoms with Gasteiger partial charge in [0, 0.05) is 29.1 Å². The van der Waals surface area contributed by atoms with Crippen LogP contribution in [0, 0.1) is 5.92 Å². The fourth-order valence-electron chi connectivity index (χ4n) is 4.86. The molecule has 2 atom stereocenters. The second-order valence-corrected chi connectivity index (χ2v) is 9.40. The predicted octanol–water partition coefficient (Wildman–Crippen LogP) is 3.37. The van der Waals surface area contributed by atoms with Crippen LogP contribution in [0.4, 0.5) is 0 Å². The van der Waals surface area contributed by atoms with Crippen molar-refractivity contribution in [2.24, 2.45) is 5.92 Å². The van der Waals surface area contributed by atoms with Gasteiger partial charge in [-0.1, -0.05) is 30.2 Å². The Kier molecular flexibility index (Phi) is 5.66. The molecule has 8 heteroatoms. The molecule has 7 nitrogen and oxygen atoms in total. The van der Waals surface area contributed by atoms with E-state index in [0.29, 0.717) is 34.1 Å². The second-order valence-electron chi connectivity index (χ2n) is 8.97. The first-order chi connectivity index (χ1) is 15.9. The van der Waals surface area contributed by atoms with Crippen molar-refractivity contribution < 1.29 is 19.2 Å². The number of rotatable bonds is 5. The Morgan fingerprint density at radius 1 is 1.06 bits per heavy atom. The lowest BCUT2D eigenvalue weighted by Crippen LogP contribution is -2.52. The molecule has 2 aromatic carbocycles. The second kappa shape index (κ2) is 8.63. The highest BCUT2D eigenvalue weighted by molar-refractivity contribution is 6.30. The van der Waals surface area contributed by atoms with Gasteiger partial charge in [0.15, 0.2) is 0 Å². The predicted molar refractivity (Wildman–Crippen MR) is 121 cm³/mol. The minimum absolute atomic E-state index is 0.0987. The Morgan fingerprint density at radius 3 is 2.48 bits per heavy atom. The SMILES string of the molecule is O=C1CCC(N2Cc3cc(C(=O)N[C@H](c4ccc(Cl)cc4)C4CCC4)ccc3C2=O)C(=O)N1. The van der Waals surface area contributed by atoms with Crippen LogP contribution in [0.3, 0.4) is 0 Å². The third-order valence-corrected chi connectivity index (χ3v) is 7.17. The van der Waals surface area contributed by atoms with Crippen molar-refractivity contribution in [1.29, 1.82) is 0 Å². The van der Waals surface area contributed by atoms with Gasteiger partial charge >= 0.3 is 0 Å². The highest BCUT2D eigenvalue weighted by Gasteiger charge is 2.39. The normalized spacial score (nSPS) is 21.3. The van der Waals surface area contributed by atoms with Crippen molar-refractivity contribution >= 4 is 35.2 Å². The third kappa shape index (κ3) is 4.13. The van der Waals surface area contributed by atoms with Gasteiger partial charge in [-0.3, -0.25) is 24.5 Å². The zero-order chi connectivity index (χ0) is 23.1. The maximum atomic E-state index is 13.2. The van der Waals surface area contributed by atoms with Gasteiger partial charge in [0.1, 0.15) is 6.04 Å². The van der Waals surface area contributed by atoms with E-state index in [2.05, 4.69) is 10.6 Å². The summed E-state index contributed by atoms with van der Waals surface area (Å²) in [6.07, 6.45) is 3.79. The van der Waals surface area contributed by atoms with Gasteiger partial charge in [-0.15, -0.1) is 0 Å². The van der Waals surface area contributed by atoms with E-state index in [9.17, 15) is 19.2 Å². The number of hydrogen-bond acceptors (Lipinski definition) is 4. The summed E-state index contributed by atoms with van der Waals surface area (Å²) in [5.41, 5.74) is 2.70. The first-order valence-corrected chi connectivity index (χ1v) is 11.6. The molecule has 1 saturated carbocycles. The topological polar surface area (TPSA) is 95.6 Å². The molecule has 2 aromatic rings. The number of imide groups is 1. The van der Waals surface area contributed by atoms with Crippen molar-refractivity contribution in [1.82, 2.24) is 15.5 Å².